The monoisotopic (exact) mass is 471 g/mol. The molecular weight excluding hydrogens is 450 g/mol. The molecule has 1 fully saturated rings. The van der Waals surface area contributed by atoms with E-state index in [2.05, 4.69) is 15.7 Å². The second-order valence-corrected chi connectivity index (χ2v) is 7.89. The van der Waals surface area contributed by atoms with Crippen LogP contribution in [0.3, 0.4) is 0 Å². The third kappa shape index (κ3) is 4.41. The number of carbonyl (C=O) groups is 3. The van der Waals surface area contributed by atoms with Crippen molar-refractivity contribution in [3.8, 4) is 17.2 Å². The van der Waals surface area contributed by atoms with Gasteiger partial charge in [-0.25, -0.2) is 4.90 Å². The summed E-state index contributed by atoms with van der Waals surface area (Å²) in [5.41, 5.74) is 0.962. The molecule has 3 aromatic carbocycles. The van der Waals surface area contributed by atoms with Gasteiger partial charge in [0.25, 0.3) is 11.8 Å². The molecule has 10 nitrogen and oxygen atoms in total. The van der Waals surface area contributed by atoms with E-state index >= 15 is 0 Å². The summed E-state index contributed by atoms with van der Waals surface area (Å²) in [7, 11) is 1.53. The van der Waals surface area contributed by atoms with Gasteiger partial charge >= 0.3 is 0 Å². The van der Waals surface area contributed by atoms with E-state index in [1.807, 2.05) is 30.3 Å². The van der Waals surface area contributed by atoms with Crippen molar-refractivity contribution in [1.82, 2.24) is 5.01 Å². The first kappa shape index (κ1) is 22.1. The van der Waals surface area contributed by atoms with Crippen LogP contribution in [-0.2, 0) is 14.4 Å². The maximum atomic E-state index is 13.1. The number of para-hydroxylation sites is 1. The lowest BCUT2D eigenvalue weighted by Gasteiger charge is -2.20. The number of ether oxygens (including phenoxy) is 2. The van der Waals surface area contributed by atoms with Crippen LogP contribution in [0.25, 0.3) is 0 Å². The third-order valence-corrected chi connectivity index (χ3v) is 5.61. The minimum atomic E-state index is -0.980. The van der Waals surface area contributed by atoms with Gasteiger partial charge in [0, 0.05) is 5.69 Å². The highest BCUT2D eigenvalue weighted by atomic mass is 16.5. The molecule has 3 aromatic rings. The Morgan fingerprint density at radius 2 is 1.54 bits per heavy atom. The predicted octanol–water partition coefficient (Wildman–Crippen LogP) is 3.42. The minimum absolute atomic E-state index is 0.234. The van der Waals surface area contributed by atoms with Gasteiger partial charge in [-0.2, -0.15) is 5.11 Å². The fourth-order valence-electron chi connectivity index (χ4n) is 3.92. The average Bonchev–Trinajstić information content (AvgIpc) is 3.40. The molecule has 2 heterocycles. The molecular formula is C25H21N5O5. The second-order valence-electron chi connectivity index (χ2n) is 7.89. The summed E-state index contributed by atoms with van der Waals surface area (Å²) in [6.45, 7) is -0.234. The van der Waals surface area contributed by atoms with Crippen molar-refractivity contribution in [3.05, 3.63) is 78.9 Å². The Balaban J connectivity index is 1.21. The Labute approximate surface area is 200 Å². The molecule has 2 aliphatic heterocycles. The molecule has 0 aromatic heterocycles. The Bertz CT molecular complexity index is 1280. The van der Waals surface area contributed by atoms with Crippen molar-refractivity contribution in [2.75, 3.05) is 23.9 Å². The van der Waals surface area contributed by atoms with E-state index in [4.69, 9.17) is 9.47 Å². The first-order valence-electron chi connectivity index (χ1n) is 10.9. The van der Waals surface area contributed by atoms with E-state index in [0.717, 1.165) is 4.90 Å². The van der Waals surface area contributed by atoms with Crippen molar-refractivity contribution >= 4 is 29.1 Å². The number of carbonyl (C=O) groups excluding carboxylic acids is 3. The quantitative estimate of drug-likeness (QED) is 0.529. The largest absolute Gasteiger partial charge is 0.497 e. The van der Waals surface area contributed by atoms with Gasteiger partial charge in [-0.1, -0.05) is 23.4 Å². The molecule has 1 saturated heterocycles. The molecule has 176 valence electrons. The number of amides is 3. The van der Waals surface area contributed by atoms with Crippen LogP contribution in [0.1, 0.15) is 0 Å². The van der Waals surface area contributed by atoms with Gasteiger partial charge in [0.15, 0.2) is 12.1 Å². The molecule has 35 heavy (non-hydrogen) atoms. The maximum absolute atomic E-state index is 13.1. The zero-order valence-corrected chi connectivity index (χ0v) is 18.7. The summed E-state index contributed by atoms with van der Waals surface area (Å²) in [4.78, 5) is 39.6. The van der Waals surface area contributed by atoms with Crippen LogP contribution in [-0.4, -0.2) is 48.5 Å². The van der Waals surface area contributed by atoms with Gasteiger partial charge in [-0.05, 0) is 60.7 Å². The number of fused-ring (bicyclic) bond motifs is 1. The summed E-state index contributed by atoms with van der Waals surface area (Å²) >= 11 is 0. The van der Waals surface area contributed by atoms with Crippen LogP contribution < -0.4 is 19.7 Å². The first-order valence-corrected chi connectivity index (χ1v) is 10.9. The topological polar surface area (TPSA) is 113 Å². The highest BCUT2D eigenvalue weighted by Gasteiger charge is 2.55. The molecule has 0 unspecified atom stereocenters. The molecule has 0 saturated carbocycles. The Morgan fingerprint density at radius 3 is 2.23 bits per heavy atom. The van der Waals surface area contributed by atoms with E-state index in [1.54, 1.807) is 48.5 Å². The normalized spacial score (nSPS) is 18.5. The van der Waals surface area contributed by atoms with Crippen LogP contribution in [0.15, 0.2) is 89.2 Å². The molecule has 1 N–H and O–H groups in total. The van der Waals surface area contributed by atoms with Gasteiger partial charge < -0.3 is 14.8 Å². The number of nitrogens with zero attached hydrogens (tertiary/aromatic N) is 4. The van der Waals surface area contributed by atoms with Crippen molar-refractivity contribution in [3.63, 3.8) is 0 Å². The second kappa shape index (κ2) is 9.26. The van der Waals surface area contributed by atoms with Gasteiger partial charge in [0.1, 0.15) is 23.8 Å². The lowest BCUT2D eigenvalue weighted by atomic mass is 10.1. The van der Waals surface area contributed by atoms with Crippen molar-refractivity contribution in [2.45, 2.75) is 12.1 Å². The molecule has 0 spiro atoms. The van der Waals surface area contributed by atoms with E-state index in [1.165, 1.54) is 12.1 Å². The Hall–Kier alpha value is -4.73. The van der Waals surface area contributed by atoms with Crippen molar-refractivity contribution in [1.29, 1.82) is 0 Å². The lowest BCUT2D eigenvalue weighted by molar-refractivity contribution is -0.123. The average molecular weight is 471 g/mol. The minimum Gasteiger partial charge on any atom is -0.497 e. The fraction of sp³-hybridized carbons (Fsp3) is 0.160. The Morgan fingerprint density at radius 1 is 0.886 bits per heavy atom. The van der Waals surface area contributed by atoms with Crippen LogP contribution in [0.2, 0.25) is 0 Å². The number of rotatable bonds is 7. The predicted molar refractivity (Wildman–Crippen MR) is 126 cm³/mol. The van der Waals surface area contributed by atoms with Crippen LogP contribution in [0, 0.1) is 0 Å². The van der Waals surface area contributed by atoms with Gasteiger partial charge in [0.05, 0.1) is 12.8 Å². The highest BCUT2D eigenvalue weighted by Crippen LogP contribution is 2.32. The summed E-state index contributed by atoms with van der Waals surface area (Å²) < 4.78 is 10.9. The maximum Gasteiger partial charge on any atom is 0.263 e. The smallest absolute Gasteiger partial charge is 0.263 e. The number of hydrogen-bond acceptors (Lipinski definition) is 8. The molecule has 2 atom stereocenters. The number of benzene rings is 3. The van der Waals surface area contributed by atoms with Gasteiger partial charge in [0.2, 0.25) is 5.91 Å². The van der Waals surface area contributed by atoms with Gasteiger partial charge in [-0.3, -0.25) is 19.4 Å². The number of hydrogen-bond donors (Lipinski definition) is 1. The van der Waals surface area contributed by atoms with Crippen molar-refractivity contribution in [2.24, 2.45) is 10.3 Å². The summed E-state index contributed by atoms with van der Waals surface area (Å²) in [5, 5.41) is 11.9. The third-order valence-electron chi connectivity index (χ3n) is 5.61. The summed E-state index contributed by atoms with van der Waals surface area (Å²) in [5.74, 6) is 0.572. The Kier molecular flexibility index (Phi) is 5.84. The molecule has 0 bridgehead atoms. The molecule has 0 radical (unpaired) electrons. The van der Waals surface area contributed by atoms with E-state index in [-0.39, 0.29) is 6.54 Å². The number of imide groups is 1. The summed E-state index contributed by atoms with van der Waals surface area (Å²) in [6.07, 6.45) is 0. The first-order chi connectivity index (χ1) is 17.0. The standard InChI is InChI=1S/C25H21N5O5/c1-34-18-13-9-17(10-14-18)30-24(32)22-23(25(30)33)29(28-27-22)15-21(31)26-16-7-11-20(12-8-16)35-19-5-3-2-4-6-19/h2-14,22-23H,15H2,1H3,(H,26,31)/t22-,23+/m0/s1. The zero-order chi connectivity index (χ0) is 24.4. The van der Waals surface area contributed by atoms with E-state index < -0.39 is 29.8 Å². The van der Waals surface area contributed by atoms with Crippen LogP contribution >= 0.6 is 0 Å². The van der Waals surface area contributed by atoms with Gasteiger partial charge in [-0.15, -0.1) is 0 Å². The lowest BCUT2D eigenvalue weighted by Crippen LogP contribution is -2.43. The number of methoxy groups -OCH3 is 1. The number of anilines is 2. The van der Waals surface area contributed by atoms with E-state index in [0.29, 0.717) is 28.6 Å². The fourth-order valence-corrected chi connectivity index (χ4v) is 3.92. The highest BCUT2D eigenvalue weighted by molar-refractivity contribution is 6.25. The molecule has 5 rings (SSSR count). The summed E-state index contributed by atoms with van der Waals surface area (Å²) in [6, 6.07) is 20.9. The van der Waals surface area contributed by atoms with Crippen LogP contribution in [0.5, 0.6) is 17.2 Å². The molecule has 0 aliphatic carbocycles. The molecule has 3 amide bonds. The van der Waals surface area contributed by atoms with Crippen molar-refractivity contribution < 1.29 is 23.9 Å². The van der Waals surface area contributed by atoms with E-state index in [9.17, 15) is 14.4 Å². The number of nitrogens with one attached hydrogen (secondary N) is 1. The molecule has 10 heteroatoms. The SMILES string of the molecule is COc1ccc(N2C(=O)[C@H]3N=NN(CC(=O)Nc4ccc(Oc5ccccc5)cc4)[C@H]3C2=O)cc1. The van der Waals surface area contributed by atoms with Crippen LogP contribution in [0.4, 0.5) is 11.4 Å². The molecule has 2 aliphatic rings. The zero-order valence-electron chi connectivity index (χ0n) is 18.7.